The highest BCUT2D eigenvalue weighted by molar-refractivity contribution is 7.11. The van der Waals surface area contributed by atoms with Crippen LogP contribution in [0.3, 0.4) is 0 Å². The number of nitrogens with zero attached hydrogens (tertiary/aromatic N) is 1. The summed E-state index contributed by atoms with van der Waals surface area (Å²) in [5.74, 6) is -1.14. The molecule has 0 saturated carbocycles. The molecule has 1 N–H and O–H groups in total. The molecule has 2 aromatic rings. The molecule has 0 aliphatic rings. The van der Waals surface area contributed by atoms with Crippen LogP contribution in [-0.4, -0.2) is 23.4 Å². The summed E-state index contributed by atoms with van der Waals surface area (Å²) >= 11 is 1.21. The van der Waals surface area contributed by atoms with Gasteiger partial charge in [0.1, 0.15) is 4.88 Å². The number of ether oxygens (including phenoxy) is 1. The predicted molar refractivity (Wildman–Crippen MR) is 81.1 cm³/mol. The number of anilines is 1. The average Bonchev–Trinajstić information content (AvgIpc) is 3.01. The number of carbonyl (C=O) groups is 2. The van der Waals surface area contributed by atoms with Crippen LogP contribution in [0.15, 0.2) is 35.7 Å². The number of nitrogens with one attached hydrogen (secondary N) is 1. The molecule has 1 aromatic carbocycles. The highest BCUT2D eigenvalue weighted by Gasteiger charge is 2.14. The van der Waals surface area contributed by atoms with Crippen molar-refractivity contribution in [3.8, 4) is 0 Å². The zero-order valence-electron chi connectivity index (χ0n) is 11.6. The fraction of sp³-hybridized carbons (Fsp3) is 0.143. The monoisotopic (exact) mass is 320 g/mol. The molecule has 114 valence electrons. The van der Waals surface area contributed by atoms with E-state index in [2.05, 4.69) is 5.32 Å². The van der Waals surface area contributed by atoms with Gasteiger partial charge < -0.3 is 10.1 Å². The van der Waals surface area contributed by atoms with E-state index in [9.17, 15) is 19.7 Å². The molecular formula is C14H12N2O5S. The van der Waals surface area contributed by atoms with Crippen molar-refractivity contribution < 1.29 is 19.2 Å². The summed E-state index contributed by atoms with van der Waals surface area (Å²) in [6.07, 6.45) is 0. The first-order valence-corrected chi connectivity index (χ1v) is 7.11. The summed E-state index contributed by atoms with van der Waals surface area (Å²) in [4.78, 5) is 33.9. The highest BCUT2D eigenvalue weighted by Crippen LogP contribution is 2.21. The van der Waals surface area contributed by atoms with E-state index >= 15 is 0 Å². The number of non-ortho nitro benzene ring substituents is 1. The number of hydrogen-bond donors (Lipinski definition) is 1. The van der Waals surface area contributed by atoms with E-state index in [0.29, 0.717) is 16.1 Å². The molecule has 8 heteroatoms. The second-order valence-electron chi connectivity index (χ2n) is 4.36. The number of rotatable bonds is 5. The van der Waals surface area contributed by atoms with Crippen LogP contribution in [-0.2, 0) is 9.53 Å². The van der Waals surface area contributed by atoms with Gasteiger partial charge in [-0.2, -0.15) is 0 Å². The number of aryl methyl sites for hydroxylation is 1. The highest BCUT2D eigenvalue weighted by atomic mass is 32.1. The first-order chi connectivity index (χ1) is 10.5. The molecule has 7 nitrogen and oxygen atoms in total. The quantitative estimate of drug-likeness (QED) is 0.519. The molecule has 0 spiro atoms. The van der Waals surface area contributed by atoms with E-state index < -0.39 is 23.4 Å². The Hall–Kier alpha value is -2.74. The summed E-state index contributed by atoms with van der Waals surface area (Å²) in [5.41, 5.74) is 0.853. The van der Waals surface area contributed by atoms with Crippen molar-refractivity contribution in [1.82, 2.24) is 0 Å². The van der Waals surface area contributed by atoms with Crippen LogP contribution in [0.1, 0.15) is 15.2 Å². The van der Waals surface area contributed by atoms with Gasteiger partial charge in [-0.25, -0.2) is 4.79 Å². The number of nitro groups is 1. The molecule has 0 aliphatic heterocycles. The number of nitro benzene ring substituents is 1. The van der Waals surface area contributed by atoms with Gasteiger partial charge in [0.05, 0.1) is 10.6 Å². The van der Waals surface area contributed by atoms with Crippen LogP contribution in [0.5, 0.6) is 0 Å². The van der Waals surface area contributed by atoms with Gasteiger partial charge in [-0.15, -0.1) is 11.3 Å². The van der Waals surface area contributed by atoms with Crippen molar-refractivity contribution in [2.45, 2.75) is 6.92 Å². The smallest absolute Gasteiger partial charge is 0.348 e. The Labute approximate surface area is 129 Å². The van der Waals surface area contributed by atoms with Crippen LogP contribution in [0.2, 0.25) is 0 Å². The Morgan fingerprint density at radius 2 is 2.14 bits per heavy atom. The van der Waals surface area contributed by atoms with E-state index in [1.807, 2.05) is 0 Å². The number of carbonyl (C=O) groups excluding carboxylic acids is 2. The van der Waals surface area contributed by atoms with E-state index in [0.717, 1.165) is 0 Å². The maximum absolute atomic E-state index is 11.8. The Balaban J connectivity index is 1.96. The zero-order valence-corrected chi connectivity index (χ0v) is 12.4. The largest absolute Gasteiger partial charge is 0.451 e. The SMILES string of the molecule is Cc1ccc([N+](=O)[O-])cc1NC(=O)COC(=O)c1cccs1. The predicted octanol–water partition coefficient (Wildman–Crippen LogP) is 2.76. The van der Waals surface area contributed by atoms with Gasteiger partial charge in [0.2, 0.25) is 0 Å². The number of hydrogen-bond acceptors (Lipinski definition) is 6. The van der Waals surface area contributed by atoms with Crippen LogP contribution in [0.25, 0.3) is 0 Å². The summed E-state index contributed by atoms with van der Waals surface area (Å²) in [7, 11) is 0. The van der Waals surface area contributed by atoms with Crippen LogP contribution in [0, 0.1) is 17.0 Å². The Kier molecular flexibility index (Phi) is 4.84. The Morgan fingerprint density at radius 1 is 1.36 bits per heavy atom. The van der Waals surface area contributed by atoms with Gasteiger partial charge in [0.25, 0.3) is 11.6 Å². The summed E-state index contributed by atoms with van der Waals surface area (Å²) in [6, 6.07) is 7.44. The summed E-state index contributed by atoms with van der Waals surface area (Å²) in [6.45, 7) is 1.25. The molecule has 0 saturated heterocycles. The molecule has 2 rings (SSSR count). The van der Waals surface area contributed by atoms with Crippen LogP contribution >= 0.6 is 11.3 Å². The lowest BCUT2D eigenvalue weighted by Gasteiger charge is -2.08. The van der Waals surface area contributed by atoms with E-state index in [1.165, 1.54) is 29.5 Å². The van der Waals surface area contributed by atoms with Crippen LogP contribution < -0.4 is 5.32 Å². The number of thiophene rings is 1. The van der Waals surface area contributed by atoms with Crippen molar-refractivity contribution in [2.75, 3.05) is 11.9 Å². The van der Waals surface area contributed by atoms with E-state index in [4.69, 9.17) is 4.74 Å². The molecular weight excluding hydrogens is 308 g/mol. The molecule has 0 bridgehead atoms. The minimum Gasteiger partial charge on any atom is -0.451 e. The Morgan fingerprint density at radius 3 is 2.77 bits per heavy atom. The third-order valence-electron chi connectivity index (χ3n) is 2.76. The normalized spacial score (nSPS) is 10.0. The molecule has 0 fully saturated rings. The van der Waals surface area contributed by atoms with Gasteiger partial charge in [-0.3, -0.25) is 14.9 Å². The first kappa shape index (κ1) is 15.6. The topological polar surface area (TPSA) is 98.5 Å². The Bertz CT molecular complexity index is 712. The fourth-order valence-electron chi connectivity index (χ4n) is 1.64. The molecule has 1 heterocycles. The summed E-state index contributed by atoms with van der Waals surface area (Å²) < 4.78 is 4.86. The lowest BCUT2D eigenvalue weighted by atomic mass is 10.2. The average molecular weight is 320 g/mol. The van der Waals surface area contributed by atoms with E-state index in [1.54, 1.807) is 24.4 Å². The minimum absolute atomic E-state index is 0.128. The zero-order chi connectivity index (χ0) is 16.1. The van der Waals surface area contributed by atoms with Crippen LogP contribution in [0.4, 0.5) is 11.4 Å². The fourth-order valence-corrected chi connectivity index (χ4v) is 2.26. The van der Waals surface area contributed by atoms with Gasteiger partial charge in [0.15, 0.2) is 6.61 Å². The lowest BCUT2D eigenvalue weighted by molar-refractivity contribution is -0.384. The van der Waals surface area contributed by atoms with Crippen molar-refractivity contribution in [1.29, 1.82) is 0 Å². The maximum atomic E-state index is 11.8. The number of amides is 1. The van der Waals surface area contributed by atoms with Gasteiger partial charge in [0, 0.05) is 12.1 Å². The summed E-state index contributed by atoms with van der Waals surface area (Å²) in [5, 5.41) is 14.9. The molecule has 0 unspecified atom stereocenters. The first-order valence-electron chi connectivity index (χ1n) is 6.23. The van der Waals surface area contributed by atoms with Crippen molar-refractivity contribution in [3.63, 3.8) is 0 Å². The van der Waals surface area contributed by atoms with Gasteiger partial charge in [-0.05, 0) is 23.9 Å². The molecule has 22 heavy (non-hydrogen) atoms. The second kappa shape index (κ2) is 6.81. The van der Waals surface area contributed by atoms with Crippen molar-refractivity contribution >= 4 is 34.6 Å². The molecule has 1 aromatic heterocycles. The molecule has 0 aliphatic carbocycles. The van der Waals surface area contributed by atoms with Crippen molar-refractivity contribution in [2.24, 2.45) is 0 Å². The number of benzene rings is 1. The standard InChI is InChI=1S/C14H12N2O5S/c1-9-4-5-10(16(19)20)7-11(9)15-13(17)8-21-14(18)12-3-2-6-22-12/h2-7H,8H2,1H3,(H,15,17). The molecule has 0 atom stereocenters. The third kappa shape index (κ3) is 3.89. The van der Waals surface area contributed by atoms with Gasteiger partial charge in [-0.1, -0.05) is 12.1 Å². The second-order valence-corrected chi connectivity index (χ2v) is 5.31. The maximum Gasteiger partial charge on any atom is 0.348 e. The molecule has 1 amide bonds. The molecule has 0 radical (unpaired) electrons. The van der Waals surface area contributed by atoms with E-state index in [-0.39, 0.29) is 5.69 Å². The van der Waals surface area contributed by atoms with Crippen molar-refractivity contribution in [3.05, 3.63) is 56.3 Å². The van der Waals surface area contributed by atoms with Gasteiger partial charge >= 0.3 is 5.97 Å². The number of esters is 1. The minimum atomic E-state index is -0.582. The third-order valence-corrected chi connectivity index (χ3v) is 3.61. The lowest BCUT2D eigenvalue weighted by Crippen LogP contribution is -2.21.